The number of hydrogen-bond acceptors (Lipinski definition) is 3. The Bertz CT molecular complexity index is 612. The Morgan fingerprint density at radius 3 is 2.71 bits per heavy atom. The summed E-state index contributed by atoms with van der Waals surface area (Å²) in [7, 11) is 0. The lowest BCUT2D eigenvalue weighted by Crippen LogP contribution is -2.57. The lowest BCUT2D eigenvalue weighted by molar-refractivity contribution is -0.138. The van der Waals surface area contributed by atoms with Gasteiger partial charge in [0, 0.05) is 24.2 Å². The van der Waals surface area contributed by atoms with Gasteiger partial charge in [0.05, 0.1) is 12.2 Å². The highest BCUT2D eigenvalue weighted by Gasteiger charge is 2.73. The Morgan fingerprint density at radius 1 is 1.17 bits per heavy atom. The fourth-order valence-electron chi connectivity index (χ4n) is 8.08. The summed E-state index contributed by atoms with van der Waals surface area (Å²) in [5, 5.41) is 0. The minimum atomic E-state index is 0.0748. The molecule has 3 nitrogen and oxygen atoms in total. The fraction of sp³-hybridized carbons (Fsp3) is 0.905. The first-order valence-electron chi connectivity index (χ1n) is 10.0. The maximum atomic E-state index is 12.3. The summed E-state index contributed by atoms with van der Waals surface area (Å²) in [5.41, 5.74) is 0.358. The molecule has 0 N–H and O–H groups in total. The molecule has 0 aromatic heterocycles. The maximum Gasteiger partial charge on any atom is 0.133 e. The van der Waals surface area contributed by atoms with Crippen molar-refractivity contribution < 1.29 is 14.3 Å². The van der Waals surface area contributed by atoms with Gasteiger partial charge in [-0.15, -0.1) is 0 Å². The number of carbonyl (C=O) groups excluding carboxylic acids is 2. The number of fused-ring (bicyclic) bond motifs is 8. The molecule has 1 unspecified atom stereocenters. The molecular formula is C21H30O3. The van der Waals surface area contributed by atoms with Gasteiger partial charge in [0.25, 0.3) is 0 Å². The van der Waals surface area contributed by atoms with Gasteiger partial charge in [0.2, 0.25) is 0 Å². The zero-order valence-electron chi connectivity index (χ0n) is 15.2. The number of ether oxygens (including phenoxy) is 1. The van der Waals surface area contributed by atoms with Crippen molar-refractivity contribution in [1.29, 1.82) is 0 Å². The molecule has 1 saturated heterocycles. The molecule has 132 valence electrons. The summed E-state index contributed by atoms with van der Waals surface area (Å²) < 4.78 is 6.35. The second kappa shape index (κ2) is 4.72. The van der Waals surface area contributed by atoms with Gasteiger partial charge >= 0.3 is 0 Å². The number of Topliss-reactive ketones (excluding diaryl/α,β-unsaturated/α-hetero) is 2. The average Bonchev–Trinajstić information content (AvgIpc) is 3.24. The van der Waals surface area contributed by atoms with E-state index in [2.05, 4.69) is 13.8 Å². The molecule has 4 saturated carbocycles. The van der Waals surface area contributed by atoms with Gasteiger partial charge in [0.1, 0.15) is 11.6 Å². The zero-order chi connectivity index (χ0) is 16.9. The van der Waals surface area contributed by atoms with Crippen LogP contribution >= 0.6 is 0 Å². The van der Waals surface area contributed by atoms with Crippen LogP contribution in [0.25, 0.3) is 0 Å². The van der Waals surface area contributed by atoms with Crippen molar-refractivity contribution in [3.63, 3.8) is 0 Å². The molecule has 0 radical (unpaired) electrons. The molecule has 5 rings (SSSR count). The molecule has 3 heteroatoms. The van der Waals surface area contributed by atoms with Crippen molar-refractivity contribution in [3.05, 3.63) is 0 Å². The van der Waals surface area contributed by atoms with E-state index in [1.165, 1.54) is 19.3 Å². The van der Waals surface area contributed by atoms with E-state index < -0.39 is 0 Å². The molecule has 5 aliphatic rings. The van der Waals surface area contributed by atoms with Crippen LogP contribution in [0, 0.1) is 40.4 Å². The number of ketones is 2. The highest BCUT2D eigenvalue weighted by Crippen LogP contribution is 2.72. The first kappa shape index (κ1) is 15.5. The Balaban J connectivity index is 1.52. The summed E-state index contributed by atoms with van der Waals surface area (Å²) in [6.07, 6.45) is 8.00. The Morgan fingerprint density at radius 2 is 1.96 bits per heavy atom. The summed E-state index contributed by atoms with van der Waals surface area (Å²) in [4.78, 5) is 24.3. The minimum Gasteiger partial charge on any atom is -0.369 e. The third-order valence-electron chi connectivity index (χ3n) is 9.24. The molecule has 0 aromatic carbocycles. The van der Waals surface area contributed by atoms with Gasteiger partial charge in [-0.3, -0.25) is 9.59 Å². The normalized spacial score (nSPS) is 58.3. The molecule has 0 amide bonds. The molecule has 1 heterocycles. The van der Waals surface area contributed by atoms with E-state index in [1.54, 1.807) is 6.92 Å². The third kappa shape index (κ3) is 1.73. The highest BCUT2D eigenvalue weighted by molar-refractivity contribution is 5.80. The highest BCUT2D eigenvalue weighted by atomic mass is 16.6. The van der Waals surface area contributed by atoms with Crippen molar-refractivity contribution in [2.24, 2.45) is 40.4 Å². The van der Waals surface area contributed by atoms with Crippen LogP contribution in [0.1, 0.15) is 65.7 Å². The quantitative estimate of drug-likeness (QED) is 0.687. The molecule has 4 aliphatic carbocycles. The van der Waals surface area contributed by atoms with E-state index in [-0.39, 0.29) is 16.7 Å². The maximum absolute atomic E-state index is 12.3. The summed E-state index contributed by atoms with van der Waals surface area (Å²) in [6, 6.07) is 0. The van der Waals surface area contributed by atoms with E-state index in [0.717, 1.165) is 25.7 Å². The SMILES string of the molecule is CC(=O)[C@H]1CC[C@H]2[C@@H]3CCC4CC(=O)CC[C@]4(C)[C@H]3[C@H]3O[C@H]3[C@]12C. The smallest absolute Gasteiger partial charge is 0.133 e. The predicted molar refractivity (Wildman–Crippen MR) is 90.3 cm³/mol. The van der Waals surface area contributed by atoms with Crippen LogP contribution in [0.2, 0.25) is 0 Å². The first-order valence-corrected chi connectivity index (χ1v) is 10.0. The second-order valence-electron chi connectivity index (χ2n) is 9.95. The van der Waals surface area contributed by atoms with Crippen LogP contribution < -0.4 is 0 Å². The van der Waals surface area contributed by atoms with Crippen LogP contribution in [0.3, 0.4) is 0 Å². The van der Waals surface area contributed by atoms with Crippen LogP contribution in [0.4, 0.5) is 0 Å². The van der Waals surface area contributed by atoms with E-state index in [9.17, 15) is 9.59 Å². The van der Waals surface area contributed by atoms with Crippen LogP contribution in [0.5, 0.6) is 0 Å². The van der Waals surface area contributed by atoms with Gasteiger partial charge in [-0.1, -0.05) is 13.8 Å². The Labute approximate surface area is 144 Å². The van der Waals surface area contributed by atoms with Crippen molar-refractivity contribution >= 4 is 11.6 Å². The summed E-state index contributed by atoms with van der Waals surface area (Å²) >= 11 is 0. The van der Waals surface area contributed by atoms with E-state index in [4.69, 9.17) is 4.74 Å². The monoisotopic (exact) mass is 330 g/mol. The molecular weight excluding hydrogens is 300 g/mol. The summed E-state index contributed by atoms with van der Waals surface area (Å²) in [5.74, 6) is 3.60. The zero-order valence-corrected chi connectivity index (χ0v) is 15.2. The Hall–Kier alpha value is -0.700. The van der Waals surface area contributed by atoms with Crippen LogP contribution in [-0.4, -0.2) is 23.8 Å². The first-order chi connectivity index (χ1) is 11.4. The van der Waals surface area contributed by atoms with Crippen LogP contribution in [0.15, 0.2) is 0 Å². The number of epoxide rings is 1. The number of hydrogen-bond donors (Lipinski definition) is 0. The van der Waals surface area contributed by atoms with Gasteiger partial charge in [0.15, 0.2) is 0 Å². The largest absolute Gasteiger partial charge is 0.369 e. The second-order valence-corrected chi connectivity index (χ2v) is 9.95. The molecule has 0 spiro atoms. The van der Waals surface area contributed by atoms with Gasteiger partial charge in [-0.05, 0) is 68.1 Å². The van der Waals surface area contributed by atoms with Crippen molar-refractivity contribution in [1.82, 2.24) is 0 Å². The molecule has 0 aromatic rings. The van der Waals surface area contributed by atoms with Crippen molar-refractivity contribution in [3.8, 4) is 0 Å². The fourth-order valence-corrected chi connectivity index (χ4v) is 8.08. The molecule has 5 fully saturated rings. The van der Waals surface area contributed by atoms with Crippen molar-refractivity contribution in [2.75, 3.05) is 0 Å². The number of carbonyl (C=O) groups is 2. The number of rotatable bonds is 1. The minimum absolute atomic E-state index is 0.0748. The standard InChI is InChI=1S/C21H30O3/c1-11(22)15-6-7-16-14-5-4-12-10-13(23)8-9-20(12,2)17(14)18-19(24-18)21(15,16)3/h12,14-19H,4-10H2,1-3H3/t12?,14-,15+,16-,17+,18+,19+,20-,21+/m0/s1. The average molecular weight is 330 g/mol. The summed E-state index contributed by atoms with van der Waals surface area (Å²) in [6.45, 7) is 6.60. The van der Waals surface area contributed by atoms with Crippen molar-refractivity contribution in [2.45, 2.75) is 77.9 Å². The topological polar surface area (TPSA) is 46.7 Å². The Kier molecular flexibility index (Phi) is 3.06. The van der Waals surface area contributed by atoms with Crippen LogP contribution in [-0.2, 0) is 14.3 Å². The van der Waals surface area contributed by atoms with E-state index in [1.807, 2.05) is 0 Å². The molecule has 9 atom stereocenters. The lowest BCUT2D eigenvalue weighted by atomic mass is 9.44. The van der Waals surface area contributed by atoms with Gasteiger partial charge < -0.3 is 4.74 Å². The predicted octanol–water partition coefficient (Wildman–Crippen LogP) is 3.79. The van der Waals surface area contributed by atoms with E-state index >= 15 is 0 Å². The van der Waals surface area contributed by atoms with Gasteiger partial charge in [-0.25, -0.2) is 0 Å². The molecule has 24 heavy (non-hydrogen) atoms. The van der Waals surface area contributed by atoms with E-state index in [0.29, 0.717) is 47.4 Å². The van der Waals surface area contributed by atoms with Gasteiger partial charge in [-0.2, -0.15) is 0 Å². The third-order valence-corrected chi connectivity index (χ3v) is 9.24. The lowest BCUT2D eigenvalue weighted by Gasteiger charge is -2.58. The molecule has 1 aliphatic heterocycles. The molecule has 0 bridgehead atoms.